The number of ether oxygens (including phenoxy) is 1. The van der Waals surface area contributed by atoms with Crippen molar-refractivity contribution >= 4 is 5.91 Å². The first-order valence-corrected chi connectivity index (χ1v) is 13.2. The lowest BCUT2D eigenvalue weighted by Gasteiger charge is -2.49. The molecule has 0 aromatic heterocycles. The van der Waals surface area contributed by atoms with Crippen LogP contribution in [0, 0.1) is 11.3 Å². The number of piperazine rings is 1. The normalized spacial score (nSPS) is 21.0. The van der Waals surface area contributed by atoms with Gasteiger partial charge in [0.1, 0.15) is 5.75 Å². The Bertz CT molecular complexity index is 1020. The van der Waals surface area contributed by atoms with Crippen LogP contribution in [0.1, 0.15) is 57.2 Å². The van der Waals surface area contributed by atoms with Crippen LogP contribution in [0.25, 0.3) is 0 Å². The third-order valence-electron chi connectivity index (χ3n) is 7.56. The van der Waals surface area contributed by atoms with Crippen molar-refractivity contribution in [1.82, 2.24) is 15.1 Å². The molecule has 0 bridgehead atoms. The largest absolute Gasteiger partial charge is 0.573 e. The van der Waals surface area contributed by atoms with E-state index >= 15 is 0 Å². The minimum Gasteiger partial charge on any atom is -0.406 e. The van der Waals surface area contributed by atoms with E-state index in [-0.39, 0.29) is 29.2 Å². The Balaban J connectivity index is 1.57. The minimum absolute atomic E-state index is 0.0227. The molecule has 2 heterocycles. The van der Waals surface area contributed by atoms with Gasteiger partial charge in [0.15, 0.2) is 0 Å². The van der Waals surface area contributed by atoms with Crippen LogP contribution in [0.15, 0.2) is 54.6 Å². The number of nitrogens with one attached hydrogen (secondary N) is 1. The van der Waals surface area contributed by atoms with E-state index in [2.05, 4.69) is 40.6 Å². The van der Waals surface area contributed by atoms with E-state index in [1.165, 1.54) is 12.1 Å². The molecule has 37 heavy (non-hydrogen) atoms. The Morgan fingerprint density at radius 2 is 1.59 bits per heavy atom. The van der Waals surface area contributed by atoms with Crippen LogP contribution in [0.4, 0.5) is 13.2 Å². The zero-order chi connectivity index (χ0) is 26.6. The first kappa shape index (κ1) is 27.5. The fourth-order valence-corrected chi connectivity index (χ4v) is 5.63. The number of rotatable bonds is 6. The lowest BCUT2D eigenvalue weighted by Crippen LogP contribution is -2.60. The highest BCUT2D eigenvalue weighted by atomic mass is 19.4. The van der Waals surface area contributed by atoms with Gasteiger partial charge in [-0.2, -0.15) is 0 Å². The van der Waals surface area contributed by atoms with Crippen LogP contribution in [0.3, 0.4) is 0 Å². The highest BCUT2D eigenvalue weighted by Crippen LogP contribution is 2.36. The number of hydrogen-bond acceptors (Lipinski definition) is 4. The predicted molar refractivity (Wildman–Crippen MR) is 138 cm³/mol. The molecule has 2 aliphatic rings. The maximum absolute atomic E-state index is 13.5. The fourth-order valence-electron chi connectivity index (χ4n) is 5.63. The molecule has 1 N–H and O–H groups in total. The van der Waals surface area contributed by atoms with Crippen molar-refractivity contribution in [3.63, 3.8) is 0 Å². The highest BCUT2D eigenvalue weighted by molar-refractivity contribution is 5.77. The molecule has 1 amide bonds. The van der Waals surface area contributed by atoms with Gasteiger partial charge >= 0.3 is 6.36 Å². The van der Waals surface area contributed by atoms with E-state index in [0.717, 1.165) is 37.1 Å². The van der Waals surface area contributed by atoms with E-state index in [1.807, 2.05) is 30.3 Å². The molecule has 1 unspecified atom stereocenters. The second-order valence-electron chi connectivity index (χ2n) is 11.3. The summed E-state index contributed by atoms with van der Waals surface area (Å²) in [5, 5.41) is 3.37. The fraction of sp³-hybridized carbons (Fsp3) is 0.552. The quantitative estimate of drug-likeness (QED) is 0.540. The third-order valence-corrected chi connectivity index (χ3v) is 7.56. The number of alkyl halides is 3. The average molecular weight is 518 g/mol. The smallest absolute Gasteiger partial charge is 0.406 e. The number of amides is 1. The summed E-state index contributed by atoms with van der Waals surface area (Å²) in [4.78, 5) is 17.9. The van der Waals surface area contributed by atoms with E-state index in [1.54, 1.807) is 12.1 Å². The zero-order valence-electron chi connectivity index (χ0n) is 21.9. The highest BCUT2D eigenvalue weighted by Gasteiger charge is 2.40. The molecule has 4 rings (SSSR count). The van der Waals surface area contributed by atoms with Gasteiger partial charge in [0, 0.05) is 32.1 Å². The summed E-state index contributed by atoms with van der Waals surface area (Å²) < 4.78 is 42.2. The number of carbonyl (C=O) groups excluding carboxylic acids is 1. The van der Waals surface area contributed by atoms with Crippen molar-refractivity contribution < 1.29 is 22.7 Å². The number of halogens is 3. The maximum atomic E-state index is 13.5. The molecule has 2 saturated heterocycles. The monoisotopic (exact) mass is 517 g/mol. The van der Waals surface area contributed by atoms with E-state index < -0.39 is 6.36 Å². The lowest BCUT2D eigenvalue weighted by molar-refractivity contribution is -0.274. The van der Waals surface area contributed by atoms with Crippen LogP contribution in [-0.4, -0.2) is 60.8 Å². The van der Waals surface area contributed by atoms with Gasteiger partial charge in [-0.1, -0.05) is 63.2 Å². The summed E-state index contributed by atoms with van der Waals surface area (Å²) >= 11 is 0. The number of carbonyl (C=O) groups is 1. The summed E-state index contributed by atoms with van der Waals surface area (Å²) in [5.74, 6) is 0.433. The Kier molecular flexibility index (Phi) is 8.49. The van der Waals surface area contributed by atoms with Gasteiger partial charge in [0.25, 0.3) is 0 Å². The third kappa shape index (κ3) is 7.26. The van der Waals surface area contributed by atoms with Gasteiger partial charge in [-0.15, -0.1) is 13.2 Å². The number of piperidine rings is 1. The molecular weight excluding hydrogens is 479 g/mol. The molecule has 0 radical (unpaired) electrons. The van der Waals surface area contributed by atoms with Gasteiger partial charge in [-0.05, 0) is 60.5 Å². The average Bonchev–Trinajstić information content (AvgIpc) is 2.85. The number of nitrogens with zero attached hydrogens (tertiary/aromatic N) is 2. The van der Waals surface area contributed by atoms with Crippen molar-refractivity contribution in [2.75, 3.05) is 32.7 Å². The van der Waals surface area contributed by atoms with Gasteiger partial charge in [0.05, 0.1) is 6.04 Å². The van der Waals surface area contributed by atoms with Crippen LogP contribution >= 0.6 is 0 Å². The Morgan fingerprint density at radius 3 is 2.19 bits per heavy atom. The first-order valence-electron chi connectivity index (χ1n) is 13.2. The summed E-state index contributed by atoms with van der Waals surface area (Å²) in [5.41, 5.74) is 1.82. The van der Waals surface area contributed by atoms with Crippen LogP contribution in [-0.2, 0) is 4.79 Å². The molecule has 2 atom stereocenters. The summed E-state index contributed by atoms with van der Waals surface area (Å²) in [6.45, 7) is 10.5. The standard InChI is InChI=1S/C29H38F3N3O2/c1-28(2,3)25-20-34(17-18-35(25)26(36)19-21-13-15-33-16-14-21)27(22-7-5-4-6-8-22)23-9-11-24(12-10-23)37-29(30,31)32/h4-12,21,25,27,33H,13-20H2,1-3H3/t25-,27?/m1/s1. The molecule has 0 spiro atoms. The van der Waals surface area contributed by atoms with Crippen LogP contribution < -0.4 is 10.1 Å². The van der Waals surface area contributed by atoms with Crippen LogP contribution in [0.2, 0.25) is 0 Å². The molecule has 2 aromatic carbocycles. The summed E-state index contributed by atoms with van der Waals surface area (Å²) in [7, 11) is 0. The van der Waals surface area contributed by atoms with Crippen molar-refractivity contribution in [3.05, 3.63) is 65.7 Å². The van der Waals surface area contributed by atoms with Crippen molar-refractivity contribution in [2.24, 2.45) is 11.3 Å². The van der Waals surface area contributed by atoms with E-state index in [4.69, 9.17) is 0 Å². The topological polar surface area (TPSA) is 44.8 Å². The number of benzene rings is 2. The molecule has 2 aromatic rings. The van der Waals surface area contributed by atoms with Gasteiger partial charge in [0.2, 0.25) is 5.91 Å². The first-order chi connectivity index (χ1) is 17.5. The molecule has 0 saturated carbocycles. The van der Waals surface area contributed by atoms with E-state index in [0.29, 0.717) is 32.0 Å². The molecule has 8 heteroatoms. The molecule has 0 aliphatic carbocycles. The molecule has 2 fully saturated rings. The Hall–Kier alpha value is -2.58. The maximum Gasteiger partial charge on any atom is 0.573 e. The van der Waals surface area contributed by atoms with Crippen LogP contribution in [0.5, 0.6) is 5.75 Å². The zero-order valence-corrected chi connectivity index (χ0v) is 21.9. The number of hydrogen-bond donors (Lipinski definition) is 1. The SMILES string of the molecule is CC(C)(C)[C@H]1CN(C(c2ccccc2)c2ccc(OC(F)(F)F)cc2)CCN1C(=O)CC1CCNCC1. The lowest BCUT2D eigenvalue weighted by atomic mass is 9.82. The Labute approximate surface area is 218 Å². The van der Waals surface area contributed by atoms with Crippen molar-refractivity contribution in [1.29, 1.82) is 0 Å². The summed E-state index contributed by atoms with van der Waals surface area (Å²) in [6, 6.07) is 16.0. The van der Waals surface area contributed by atoms with Gasteiger partial charge in [-0.25, -0.2) is 0 Å². The minimum atomic E-state index is -4.72. The molecule has 2 aliphatic heterocycles. The summed E-state index contributed by atoms with van der Waals surface area (Å²) in [6.07, 6.45) is -2.06. The van der Waals surface area contributed by atoms with Gasteiger partial charge in [-0.3, -0.25) is 9.69 Å². The predicted octanol–water partition coefficient (Wildman–Crippen LogP) is 5.62. The van der Waals surface area contributed by atoms with Crippen molar-refractivity contribution in [2.45, 2.75) is 58.5 Å². The van der Waals surface area contributed by atoms with Crippen molar-refractivity contribution in [3.8, 4) is 5.75 Å². The molecular formula is C29H38F3N3O2. The molecule has 202 valence electrons. The molecule has 5 nitrogen and oxygen atoms in total. The Morgan fingerprint density at radius 1 is 0.973 bits per heavy atom. The second-order valence-corrected chi connectivity index (χ2v) is 11.3. The van der Waals surface area contributed by atoms with Gasteiger partial charge < -0.3 is 15.0 Å². The van der Waals surface area contributed by atoms with E-state index in [9.17, 15) is 18.0 Å². The second kappa shape index (κ2) is 11.4.